The predicted octanol–water partition coefficient (Wildman–Crippen LogP) is 3.36. The molecule has 0 amide bonds. The van der Waals surface area contributed by atoms with Crippen molar-refractivity contribution in [1.29, 1.82) is 0 Å². The SMILES string of the molecule is CCNc1cn2ccnc2c(OC2CC(C)CC(C)C2)n1. The highest BCUT2D eigenvalue weighted by molar-refractivity contribution is 5.53. The molecule has 1 N–H and O–H groups in total. The van der Waals surface area contributed by atoms with Gasteiger partial charge in [-0.2, -0.15) is 4.98 Å². The predicted molar refractivity (Wildman–Crippen MR) is 83.7 cm³/mol. The maximum absolute atomic E-state index is 6.22. The van der Waals surface area contributed by atoms with Crippen molar-refractivity contribution in [2.24, 2.45) is 11.8 Å². The Morgan fingerprint density at radius 2 is 2.05 bits per heavy atom. The molecule has 0 aliphatic heterocycles. The Labute approximate surface area is 125 Å². The summed E-state index contributed by atoms with van der Waals surface area (Å²) in [6.45, 7) is 7.51. The summed E-state index contributed by atoms with van der Waals surface area (Å²) >= 11 is 0. The van der Waals surface area contributed by atoms with Crippen molar-refractivity contribution in [3.63, 3.8) is 0 Å². The molecule has 2 aromatic heterocycles. The number of nitrogens with one attached hydrogen (secondary N) is 1. The molecule has 0 radical (unpaired) electrons. The van der Waals surface area contributed by atoms with Crippen LogP contribution in [-0.2, 0) is 0 Å². The van der Waals surface area contributed by atoms with Crippen molar-refractivity contribution in [3.8, 4) is 5.88 Å². The maximum atomic E-state index is 6.22. The van der Waals surface area contributed by atoms with Crippen LogP contribution in [0.1, 0.15) is 40.0 Å². The fourth-order valence-electron chi connectivity index (χ4n) is 3.38. The van der Waals surface area contributed by atoms with Gasteiger partial charge in [0.2, 0.25) is 5.65 Å². The summed E-state index contributed by atoms with van der Waals surface area (Å²) in [5.41, 5.74) is 0.794. The van der Waals surface area contributed by atoms with Gasteiger partial charge in [0.15, 0.2) is 0 Å². The maximum Gasteiger partial charge on any atom is 0.260 e. The van der Waals surface area contributed by atoms with Crippen molar-refractivity contribution < 1.29 is 4.74 Å². The molecule has 5 heteroatoms. The zero-order valence-corrected chi connectivity index (χ0v) is 13.0. The number of fused-ring (bicyclic) bond motifs is 1. The topological polar surface area (TPSA) is 51.5 Å². The highest BCUT2D eigenvalue weighted by atomic mass is 16.5. The van der Waals surface area contributed by atoms with E-state index in [2.05, 4.69) is 36.1 Å². The monoisotopic (exact) mass is 288 g/mol. The lowest BCUT2D eigenvalue weighted by Gasteiger charge is -2.31. The lowest BCUT2D eigenvalue weighted by Crippen LogP contribution is -2.29. The third-order valence-electron chi connectivity index (χ3n) is 4.11. The molecule has 1 fully saturated rings. The lowest BCUT2D eigenvalue weighted by molar-refractivity contribution is 0.0978. The van der Waals surface area contributed by atoms with Crippen LogP contribution >= 0.6 is 0 Å². The van der Waals surface area contributed by atoms with Crippen LogP contribution in [0.4, 0.5) is 5.82 Å². The Balaban J connectivity index is 1.86. The number of ether oxygens (including phenoxy) is 1. The molecular weight excluding hydrogens is 264 g/mol. The zero-order chi connectivity index (χ0) is 14.8. The summed E-state index contributed by atoms with van der Waals surface area (Å²) in [5.74, 6) is 2.90. The molecule has 1 aliphatic rings. The van der Waals surface area contributed by atoms with Gasteiger partial charge in [-0.05, 0) is 38.0 Å². The first kappa shape index (κ1) is 14.2. The number of hydrogen-bond acceptors (Lipinski definition) is 4. The fraction of sp³-hybridized carbons (Fsp3) is 0.625. The Morgan fingerprint density at radius 3 is 2.76 bits per heavy atom. The number of anilines is 1. The van der Waals surface area contributed by atoms with Crippen molar-refractivity contribution >= 4 is 11.5 Å². The smallest absolute Gasteiger partial charge is 0.260 e. The van der Waals surface area contributed by atoms with Crippen molar-refractivity contribution in [2.75, 3.05) is 11.9 Å². The molecule has 1 saturated carbocycles. The second-order valence-corrected chi connectivity index (χ2v) is 6.28. The summed E-state index contributed by atoms with van der Waals surface area (Å²) < 4.78 is 8.19. The van der Waals surface area contributed by atoms with Crippen molar-refractivity contribution in [2.45, 2.75) is 46.1 Å². The van der Waals surface area contributed by atoms with E-state index in [4.69, 9.17) is 4.74 Å². The van der Waals surface area contributed by atoms with Gasteiger partial charge in [0.1, 0.15) is 11.9 Å². The molecule has 0 aromatic carbocycles. The zero-order valence-electron chi connectivity index (χ0n) is 13.0. The highest BCUT2D eigenvalue weighted by Crippen LogP contribution is 2.32. The first-order valence-corrected chi connectivity index (χ1v) is 7.90. The van der Waals surface area contributed by atoms with Gasteiger partial charge in [-0.15, -0.1) is 0 Å². The minimum Gasteiger partial charge on any atom is -0.472 e. The van der Waals surface area contributed by atoms with Gasteiger partial charge in [-0.25, -0.2) is 4.98 Å². The molecular formula is C16H24N4O. The summed E-state index contributed by atoms with van der Waals surface area (Å²) in [7, 11) is 0. The van der Waals surface area contributed by atoms with Gasteiger partial charge in [0.25, 0.3) is 5.88 Å². The van der Waals surface area contributed by atoms with Gasteiger partial charge in [0, 0.05) is 18.9 Å². The molecule has 2 heterocycles. The van der Waals surface area contributed by atoms with E-state index in [1.165, 1.54) is 6.42 Å². The van der Waals surface area contributed by atoms with Gasteiger partial charge < -0.3 is 10.1 Å². The van der Waals surface area contributed by atoms with E-state index in [1.807, 2.05) is 16.8 Å². The number of nitrogens with zero attached hydrogens (tertiary/aromatic N) is 3. The molecule has 2 unspecified atom stereocenters. The Bertz CT molecular complexity index is 599. The van der Waals surface area contributed by atoms with Gasteiger partial charge in [-0.1, -0.05) is 13.8 Å². The number of hydrogen-bond donors (Lipinski definition) is 1. The van der Waals surface area contributed by atoms with E-state index in [0.29, 0.717) is 17.7 Å². The van der Waals surface area contributed by atoms with E-state index in [-0.39, 0.29) is 6.10 Å². The van der Waals surface area contributed by atoms with Crippen LogP contribution < -0.4 is 10.1 Å². The van der Waals surface area contributed by atoms with E-state index in [0.717, 1.165) is 30.9 Å². The molecule has 0 saturated heterocycles. The Hall–Kier alpha value is -1.78. The number of imidazole rings is 1. The van der Waals surface area contributed by atoms with E-state index >= 15 is 0 Å². The van der Waals surface area contributed by atoms with Crippen LogP contribution in [0.2, 0.25) is 0 Å². The second kappa shape index (κ2) is 5.92. The van der Waals surface area contributed by atoms with Crippen LogP contribution in [0.5, 0.6) is 5.88 Å². The van der Waals surface area contributed by atoms with E-state index in [1.54, 1.807) is 6.20 Å². The minimum atomic E-state index is 0.244. The fourth-order valence-corrected chi connectivity index (χ4v) is 3.38. The Kier molecular flexibility index (Phi) is 3.99. The standard InChI is InChI=1S/C16H24N4O/c1-4-17-14-10-20-6-5-18-15(20)16(19-14)21-13-8-11(2)7-12(3)9-13/h5-6,10-13,17H,4,7-9H2,1-3H3. The third-order valence-corrected chi connectivity index (χ3v) is 4.11. The Morgan fingerprint density at radius 1 is 1.29 bits per heavy atom. The van der Waals surface area contributed by atoms with E-state index < -0.39 is 0 Å². The quantitative estimate of drug-likeness (QED) is 0.937. The number of aromatic nitrogens is 3. The van der Waals surface area contributed by atoms with Crippen LogP contribution in [-0.4, -0.2) is 27.0 Å². The molecule has 21 heavy (non-hydrogen) atoms. The van der Waals surface area contributed by atoms with Crippen LogP contribution in [0.3, 0.4) is 0 Å². The minimum absolute atomic E-state index is 0.244. The van der Waals surface area contributed by atoms with E-state index in [9.17, 15) is 0 Å². The van der Waals surface area contributed by atoms with Gasteiger partial charge in [0.05, 0.1) is 6.20 Å². The van der Waals surface area contributed by atoms with Crippen LogP contribution in [0.25, 0.3) is 5.65 Å². The molecule has 3 rings (SSSR count). The summed E-state index contributed by atoms with van der Waals surface area (Å²) in [5, 5.41) is 3.24. The molecule has 0 spiro atoms. The van der Waals surface area contributed by atoms with Crippen molar-refractivity contribution in [3.05, 3.63) is 18.6 Å². The van der Waals surface area contributed by atoms with Crippen LogP contribution in [0, 0.1) is 11.8 Å². The summed E-state index contributed by atoms with van der Waals surface area (Å²) in [6.07, 6.45) is 9.40. The van der Waals surface area contributed by atoms with Gasteiger partial charge in [-0.3, -0.25) is 4.40 Å². The average Bonchev–Trinajstić information content (AvgIpc) is 2.86. The summed E-state index contributed by atoms with van der Waals surface area (Å²) in [4.78, 5) is 8.96. The average molecular weight is 288 g/mol. The first-order chi connectivity index (χ1) is 10.2. The third kappa shape index (κ3) is 3.12. The molecule has 0 bridgehead atoms. The molecule has 2 aromatic rings. The second-order valence-electron chi connectivity index (χ2n) is 6.28. The summed E-state index contributed by atoms with van der Waals surface area (Å²) in [6, 6.07) is 0. The largest absolute Gasteiger partial charge is 0.472 e. The van der Waals surface area contributed by atoms with Crippen LogP contribution in [0.15, 0.2) is 18.6 Å². The number of rotatable bonds is 4. The first-order valence-electron chi connectivity index (χ1n) is 7.90. The lowest BCUT2D eigenvalue weighted by atomic mass is 9.82. The molecule has 2 atom stereocenters. The molecule has 1 aliphatic carbocycles. The molecule has 114 valence electrons. The molecule has 5 nitrogen and oxygen atoms in total. The normalized spacial score (nSPS) is 26.0. The highest BCUT2D eigenvalue weighted by Gasteiger charge is 2.26. The van der Waals surface area contributed by atoms with Crippen molar-refractivity contribution in [1.82, 2.24) is 14.4 Å². The van der Waals surface area contributed by atoms with Gasteiger partial charge >= 0.3 is 0 Å².